The van der Waals surface area contributed by atoms with Gasteiger partial charge in [-0.3, -0.25) is 4.79 Å². The van der Waals surface area contributed by atoms with Crippen molar-refractivity contribution in [3.63, 3.8) is 0 Å². The number of carboxylic acids is 1. The highest BCUT2D eigenvalue weighted by Gasteiger charge is 2.32. The fraction of sp³-hybridized carbons (Fsp3) is 0.833. The maximum absolute atomic E-state index is 11.6. The van der Waals surface area contributed by atoms with Gasteiger partial charge in [0.25, 0.3) is 0 Å². The summed E-state index contributed by atoms with van der Waals surface area (Å²) in [5, 5.41) is 11.5. The van der Waals surface area contributed by atoms with Crippen LogP contribution in [-0.4, -0.2) is 49.5 Å². The Hall–Kier alpha value is -1.14. The van der Waals surface area contributed by atoms with E-state index in [-0.39, 0.29) is 12.3 Å². The smallest absolute Gasteiger partial charge is 0.329 e. The van der Waals surface area contributed by atoms with Gasteiger partial charge in [0, 0.05) is 20.1 Å². The Labute approximate surface area is 108 Å². The summed E-state index contributed by atoms with van der Waals surface area (Å²) < 4.78 is 10.0. The highest BCUT2D eigenvalue weighted by molar-refractivity contribution is 5.86. The van der Waals surface area contributed by atoms with Crippen molar-refractivity contribution in [3.05, 3.63) is 0 Å². The van der Waals surface area contributed by atoms with E-state index in [2.05, 4.69) is 5.32 Å². The number of ether oxygens (including phenoxy) is 2. The minimum Gasteiger partial charge on any atom is -0.480 e. The number of methoxy groups -OCH3 is 1. The van der Waals surface area contributed by atoms with Crippen molar-refractivity contribution >= 4 is 11.9 Å². The van der Waals surface area contributed by atoms with Gasteiger partial charge < -0.3 is 19.9 Å². The highest BCUT2D eigenvalue weighted by atomic mass is 16.5. The van der Waals surface area contributed by atoms with Crippen LogP contribution in [0.5, 0.6) is 0 Å². The van der Waals surface area contributed by atoms with Crippen molar-refractivity contribution in [2.45, 2.75) is 38.6 Å². The van der Waals surface area contributed by atoms with E-state index < -0.39 is 11.5 Å². The Morgan fingerprint density at radius 1 is 1.28 bits per heavy atom. The Bertz CT molecular complexity index is 269. The largest absolute Gasteiger partial charge is 0.480 e. The van der Waals surface area contributed by atoms with Gasteiger partial charge in [-0.2, -0.15) is 0 Å². The number of carbonyl (C=O) groups excluding carboxylic acids is 1. The molecule has 0 saturated carbocycles. The lowest BCUT2D eigenvalue weighted by Crippen LogP contribution is -2.51. The maximum Gasteiger partial charge on any atom is 0.329 e. The second-order valence-electron chi connectivity index (χ2n) is 4.25. The van der Waals surface area contributed by atoms with E-state index in [1.54, 1.807) is 14.0 Å². The van der Waals surface area contributed by atoms with E-state index in [4.69, 9.17) is 14.6 Å². The van der Waals surface area contributed by atoms with Gasteiger partial charge in [-0.1, -0.05) is 6.92 Å². The van der Waals surface area contributed by atoms with Crippen molar-refractivity contribution in [2.75, 3.05) is 26.9 Å². The third-order valence-electron chi connectivity index (χ3n) is 2.72. The first kappa shape index (κ1) is 16.9. The molecule has 0 aliphatic heterocycles. The number of nitrogens with one attached hydrogen (secondary N) is 1. The number of amides is 1. The zero-order chi connectivity index (χ0) is 14.0. The molecule has 1 atom stereocenters. The van der Waals surface area contributed by atoms with Gasteiger partial charge in [0.2, 0.25) is 5.91 Å². The van der Waals surface area contributed by atoms with Crippen molar-refractivity contribution in [3.8, 4) is 0 Å². The molecule has 0 aromatic carbocycles. The van der Waals surface area contributed by atoms with Crippen LogP contribution in [-0.2, 0) is 19.1 Å². The van der Waals surface area contributed by atoms with Gasteiger partial charge in [-0.15, -0.1) is 0 Å². The lowest BCUT2D eigenvalue weighted by Gasteiger charge is -2.24. The van der Waals surface area contributed by atoms with Crippen LogP contribution in [0.2, 0.25) is 0 Å². The molecule has 0 rings (SSSR count). The topological polar surface area (TPSA) is 84.9 Å². The molecule has 0 saturated heterocycles. The van der Waals surface area contributed by atoms with Gasteiger partial charge in [-0.05, 0) is 19.8 Å². The summed E-state index contributed by atoms with van der Waals surface area (Å²) in [6.07, 6.45) is 1.17. The van der Waals surface area contributed by atoms with Crippen LogP contribution in [0, 0.1) is 0 Å². The fourth-order valence-corrected chi connectivity index (χ4v) is 1.24. The molecule has 6 nitrogen and oxygen atoms in total. The molecule has 0 aliphatic carbocycles. The first-order chi connectivity index (χ1) is 8.46. The lowest BCUT2D eigenvalue weighted by atomic mass is 9.99. The molecule has 0 fully saturated rings. The SMILES string of the molecule is CC[C@](C)(NC(=O)CCCOCCOC)C(=O)O. The average molecular weight is 261 g/mol. The summed E-state index contributed by atoms with van der Waals surface area (Å²) in [6, 6.07) is 0. The number of hydrogen-bond donors (Lipinski definition) is 2. The quantitative estimate of drug-likeness (QED) is 0.568. The number of carboxylic acid groups (broad SMARTS) is 1. The molecular formula is C12H23NO5. The second-order valence-corrected chi connectivity index (χ2v) is 4.25. The molecule has 2 N–H and O–H groups in total. The minimum absolute atomic E-state index is 0.260. The lowest BCUT2D eigenvalue weighted by molar-refractivity contribution is -0.147. The maximum atomic E-state index is 11.6. The zero-order valence-corrected chi connectivity index (χ0v) is 11.3. The normalized spacial score (nSPS) is 13.9. The Morgan fingerprint density at radius 3 is 2.44 bits per heavy atom. The van der Waals surface area contributed by atoms with E-state index in [1.165, 1.54) is 6.92 Å². The van der Waals surface area contributed by atoms with Crippen LogP contribution >= 0.6 is 0 Å². The summed E-state index contributed by atoms with van der Waals surface area (Å²) in [5.74, 6) is -1.29. The first-order valence-electron chi connectivity index (χ1n) is 6.07. The van der Waals surface area contributed by atoms with Crippen LogP contribution in [0.15, 0.2) is 0 Å². The molecule has 18 heavy (non-hydrogen) atoms. The van der Waals surface area contributed by atoms with Crippen molar-refractivity contribution in [2.24, 2.45) is 0 Å². The molecule has 0 radical (unpaired) electrons. The third kappa shape index (κ3) is 6.56. The van der Waals surface area contributed by atoms with Crippen LogP contribution in [0.25, 0.3) is 0 Å². The molecule has 0 bridgehead atoms. The average Bonchev–Trinajstić information content (AvgIpc) is 2.33. The van der Waals surface area contributed by atoms with Crippen LogP contribution in [0.1, 0.15) is 33.1 Å². The van der Waals surface area contributed by atoms with E-state index in [0.29, 0.717) is 32.7 Å². The summed E-state index contributed by atoms with van der Waals surface area (Å²) in [6.45, 7) is 4.72. The van der Waals surface area contributed by atoms with E-state index in [1.807, 2.05) is 0 Å². The first-order valence-corrected chi connectivity index (χ1v) is 6.07. The number of carbonyl (C=O) groups is 2. The number of hydrogen-bond acceptors (Lipinski definition) is 4. The number of rotatable bonds is 10. The molecule has 0 heterocycles. The molecule has 6 heteroatoms. The number of aliphatic carboxylic acids is 1. The molecule has 0 aromatic heterocycles. The molecule has 0 spiro atoms. The second kappa shape index (κ2) is 8.88. The predicted molar refractivity (Wildman–Crippen MR) is 66.4 cm³/mol. The fourth-order valence-electron chi connectivity index (χ4n) is 1.24. The predicted octanol–water partition coefficient (Wildman–Crippen LogP) is 0.799. The van der Waals surface area contributed by atoms with Crippen molar-refractivity contribution in [1.82, 2.24) is 5.32 Å². The molecule has 0 aromatic rings. The third-order valence-corrected chi connectivity index (χ3v) is 2.72. The highest BCUT2D eigenvalue weighted by Crippen LogP contribution is 2.09. The molecule has 0 unspecified atom stereocenters. The standard InChI is InChI=1S/C12H23NO5/c1-4-12(2,11(15)16)13-10(14)6-5-7-18-9-8-17-3/h4-9H2,1-3H3,(H,13,14)(H,15,16)/t12-/m0/s1. The molecule has 0 aliphatic rings. The minimum atomic E-state index is -1.19. The monoisotopic (exact) mass is 261 g/mol. The van der Waals surface area contributed by atoms with Crippen molar-refractivity contribution < 1.29 is 24.2 Å². The van der Waals surface area contributed by atoms with Crippen LogP contribution in [0.4, 0.5) is 0 Å². The Morgan fingerprint density at radius 2 is 1.94 bits per heavy atom. The van der Waals surface area contributed by atoms with E-state index >= 15 is 0 Å². The zero-order valence-electron chi connectivity index (χ0n) is 11.3. The van der Waals surface area contributed by atoms with Gasteiger partial charge in [-0.25, -0.2) is 4.79 Å². The van der Waals surface area contributed by atoms with E-state index in [0.717, 1.165) is 0 Å². The Balaban J connectivity index is 3.80. The van der Waals surface area contributed by atoms with E-state index in [9.17, 15) is 9.59 Å². The van der Waals surface area contributed by atoms with Gasteiger partial charge in [0.05, 0.1) is 13.2 Å². The molecule has 106 valence electrons. The van der Waals surface area contributed by atoms with Crippen LogP contribution in [0.3, 0.4) is 0 Å². The van der Waals surface area contributed by atoms with Gasteiger partial charge in [0.15, 0.2) is 0 Å². The summed E-state index contributed by atoms with van der Waals surface area (Å²) >= 11 is 0. The molecule has 1 amide bonds. The summed E-state index contributed by atoms with van der Waals surface area (Å²) in [7, 11) is 1.59. The van der Waals surface area contributed by atoms with Crippen molar-refractivity contribution in [1.29, 1.82) is 0 Å². The summed E-state index contributed by atoms with van der Waals surface area (Å²) in [5.41, 5.74) is -1.19. The Kier molecular flexibility index (Phi) is 8.32. The summed E-state index contributed by atoms with van der Waals surface area (Å²) in [4.78, 5) is 22.5. The van der Waals surface area contributed by atoms with Gasteiger partial charge in [0.1, 0.15) is 5.54 Å². The molecular weight excluding hydrogens is 238 g/mol. The van der Waals surface area contributed by atoms with Gasteiger partial charge >= 0.3 is 5.97 Å². The van der Waals surface area contributed by atoms with Crippen LogP contribution < -0.4 is 5.32 Å².